The van der Waals surface area contributed by atoms with Gasteiger partial charge in [-0.25, -0.2) is 5.84 Å². The van der Waals surface area contributed by atoms with Crippen LogP contribution >= 0.6 is 0 Å². The van der Waals surface area contributed by atoms with Crippen molar-refractivity contribution in [2.24, 2.45) is 5.84 Å². The Labute approximate surface area is 101 Å². The Morgan fingerprint density at radius 2 is 1.88 bits per heavy atom. The topological polar surface area (TPSA) is 98.0 Å². The molecule has 96 valence electrons. The first-order valence-corrected chi connectivity index (χ1v) is 5.55. The van der Waals surface area contributed by atoms with Crippen LogP contribution in [-0.2, 0) is 0 Å². The van der Waals surface area contributed by atoms with Crippen LogP contribution in [0.4, 0.5) is 11.9 Å². The maximum atomic E-state index is 5.28. The van der Waals surface area contributed by atoms with Crippen molar-refractivity contribution < 1.29 is 4.74 Å². The zero-order chi connectivity index (χ0) is 12.9. The molecule has 0 aliphatic carbocycles. The van der Waals surface area contributed by atoms with Crippen molar-refractivity contribution in [1.29, 1.82) is 0 Å². The number of nitrogens with one attached hydrogen (secondary N) is 2. The molecule has 0 fully saturated rings. The molecule has 7 nitrogen and oxygen atoms in total. The van der Waals surface area contributed by atoms with Crippen LogP contribution in [-0.4, -0.2) is 27.6 Å². The summed E-state index contributed by atoms with van der Waals surface area (Å²) >= 11 is 0. The average Bonchev–Trinajstić information content (AvgIpc) is 2.27. The summed E-state index contributed by atoms with van der Waals surface area (Å²) in [5, 5.41) is 3.23. The highest BCUT2D eigenvalue weighted by Gasteiger charge is 2.18. The van der Waals surface area contributed by atoms with Crippen LogP contribution in [0.25, 0.3) is 0 Å². The van der Waals surface area contributed by atoms with Crippen LogP contribution in [0.15, 0.2) is 0 Å². The van der Waals surface area contributed by atoms with Crippen molar-refractivity contribution in [2.45, 2.75) is 39.2 Å². The maximum absolute atomic E-state index is 5.28. The molecule has 0 aliphatic heterocycles. The van der Waals surface area contributed by atoms with Gasteiger partial charge < -0.3 is 10.1 Å². The zero-order valence-electron chi connectivity index (χ0n) is 10.7. The Hall–Kier alpha value is -1.63. The summed E-state index contributed by atoms with van der Waals surface area (Å²) in [5.74, 6) is 6.00. The van der Waals surface area contributed by atoms with Gasteiger partial charge in [-0.2, -0.15) is 15.0 Å². The number of anilines is 2. The first kappa shape index (κ1) is 13.4. The van der Waals surface area contributed by atoms with Gasteiger partial charge in [-0.05, 0) is 20.3 Å². The molecule has 17 heavy (non-hydrogen) atoms. The minimum atomic E-state index is -0.0903. The molecule has 1 aromatic rings. The fourth-order valence-electron chi connectivity index (χ4n) is 1.56. The highest BCUT2D eigenvalue weighted by molar-refractivity contribution is 5.36. The minimum Gasteiger partial charge on any atom is -0.467 e. The van der Waals surface area contributed by atoms with E-state index in [0.717, 1.165) is 12.8 Å². The molecule has 0 atom stereocenters. The van der Waals surface area contributed by atoms with Crippen LogP contribution < -0.4 is 21.3 Å². The zero-order valence-corrected chi connectivity index (χ0v) is 10.7. The number of nitrogens with two attached hydrogens (primary N) is 1. The van der Waals surface area contributed by atoms with Crippen LogP contribution in [0, 0.1) is 0 Å². The van der Waals surface area contributed by atoms with Crippen LogP contribution in [0.3, 0.4) is 0 Å². The molecule has 0 saturated heterocycles. The smallest absolute Gasteiger partial charge is 0.322 e. The summed E-state index contributed by atoms with van der Waals surface area (Å²) in [6.45, 7) is 6.30. The Bertz CT molecular complexity index is 346. The van der Waals surface area contributed by atoms with Gasteiger partial charge in [0.15, 0.2) is 0 Å². The molecule has 0 spiro atoms. The Morgan fingerprint density at radius 1 is 1.24 bits per heavy atom. The molecule has 0 unspecified atom stereocenters. The van der Waals surface area contributed by atoms with Crippen LogP contribution in [0.2, 0.25) is 0 Å². The number of ether oxygens (including phenoxy) is 1. The lowest BCUT2D eigenvalue weighted by Gasteiger charge is -2.25. The standard InChI is InChI=1S/C10H20N6O/c1-5-6-10(2,3)15-7-12-8(16-11)14-9(13-7)17-4/h5-6,11H2,1-4H3,(H2,12,13,14,15,16). The van der Waals surface area contributed by atoms with Crippen molar-refractivity contribution in [3.05, 3.63) is 0 Å². The molecule has 1 heterocycles. The van der Waals surface area contributed by atoms with Gasteiger partial charge in [0.25, 0.3) is 0 Å². The number of aromatic nitrogens is 3. The molecule has 0 aliphatic rings. The molecule has 0 saturated carbocycles. The van der Waals surface area contributed by atoms with E-state index in [-0.39, 0.29) is 17.5 Å². The van der Waals surface area contributed by atoms with Gasteiger partial charge in [-0.3, -0.25) is 5.43 Å². The SMILES string of the molecule is CCCC(C)(C)Nc1nc(NN)nc(OC)n1. The lowest BCUT2D eigenvalue weighted by molar-refractivity contribution is 0.378. The van der Waals surface area contributed by atoms with Crippen LogP contribution in [0.5, 0.6) is 6.01 Å². The Morgan fingerprint density at radius 3 is 2.41 bits per heavy atom. The number of methoxy groups -OCH3 is 1. The third-order valence-electron chi connectivity index (χ3n) is 2.25. The largest absolute Gasteiger partial charge is 0.467 e. The summed E-state index contributed by atoms with van der Waals surface area (Å²) in [7, 11) is 1.50. The molecular formula is C10H20N6O. The monoisotopic (exact) mass is 240 g/mol. The fourth-order valence-corrected chi connectivity index (χ4v) is 1.56. The number of rotatable bonds is 6. The van der Waals surface area contributed by atoms with Gasteiger partial charge in [0.05, 0.1) is 7.11 Å². The summed E-state index contributed by atoms with van der Waals surface area (Å²) in [6, 6.07) is 0.225. The summed E-state index contributed by atoms with van der Waals surface area (Å²) in [6.07, 6.45) is 2.08. The number of hydrazine groups is 1. The van der Waals surface area contributed by atoms with E-state index in [0.29, 0.717) is 5.95 Å². The van der Waals surface area contributed by atoms with Crippen molar-refractivity contribution in [3.8, 4) is 6.01 Å². The highest BCUT2D eigenvalue weighted by Crippen LogP contribution is 2.18. The summed E-state index contributed by atoms with van der Waals surface area (Å²) in [5.41, 5.74) is 2.29. The van der Waals surface area contributed by atoms with E-state index in [1.807, 2.05) is 0 Å². The average molecular weight is 240 g/mol. The molecule has 0 amide bonds. The second-order valence-corrected chi connectivity index (χ2v) is 4.37. The maximum Gasteiger partial charge on any atom is 0.322 e. The fraction of sp³-hybridized carbons (Fsp3) is 0.700. The molecular weight excluding hydrogens is 220 g/mol. The van der Waals surface area contributed by atoms with E-state index in [2.05, 4.69) is 46.5 Å². The molecule has 4 N–H and O–H groups in total. The second kappa shape index (κ2) is 5.62. The van der Waals surface area contributed by atoms with Gasteiger partial charge in [0.1, 0.15) is 0 Å². The van der Waals surface area contributed by atoms with Crippen molar-refractivity contribution >= 4 is 11.9 Å². The summed E-state index contributed by atoms with van der Waals surface area (Å²) in [4.78, 5) is 12.2. The number of nitrogens with zero attached hydrogens (tertiary/aromatic N) is 3. The van der Waals surface area contributed by atoms with E-state index in [9.17, 15) is 0 Å². The molecule has 1 rings (SSSR count). The van der Waals surface area contributed by atoms with Crippen molar-refractivity contribution in [1.82, 2.24) is 15.0 Å². The summed E-state index contributed by atoms with van der Waals surface area (Å²) < 4.78 is 4.97. The number of hydrogen-bond acceptors (Lipinski definition) is 7. The van der Waals surface area contributed by atoms with Gasteiger partial charge in [-0.15, -0.1) is 0 Å². The third-order valence-corrected chi connectivity index (χ3v) is 2.25. The van der Waals surface area contributed by atoms with Crippen molar-refractivity contribution in [3.63, 3.8) is 0 Å². The Balaban J connectivity index is 2.89. The van der Waals surface area contributed by atoms with Crippen molar-refractivity contribution in [2.75, 3.05) is 17.9 Å². The van der Waals surface area contributed by atoms with Gasteiger partial charge in [0, 0.05) is 5.54 Å². The predicted molar refractivity (Wildman–Crippen MR) is 66.8 cm³/mol. The van der Waals surface area contributed by atoms with E-state index in [4.69, 9.17) is 10.6 Å². The molecule has 1 aromatic heterocycles. The number of hydrogen-bond donors (Lipinski definition) is 3. The predicted octanol–water partition coefficient (Wildman–Crippen LogP) is 1.16. The van der Waals surface area contributed by atoms with Gasteiger partial charge in [0.2, 0.25) is 11.9 Å². The molecule has 0 aromatic carbocycles. The quantitative estimate of drug-likeness (QED) is 0.507. The van der Waals surface area contributed by atoms with Gasteiger partial charge >= 0.3 is 6.01 Å². The first-order valence-electron chi connectivity index (χ1n) is 5.55. The Kier molecular flexibility index (Phi) is 4.45. The lowest BCUT2D eigenvalue weighted by atomic mass is 9.99. The minimum absolute atomic E-state index is 0.0903. The van der Waals surface area contributed by atoms with E-state index >= 15 is 0 Å². The van der Waals surface area contributed by atoms with E-state index in [1.54, 1.807) is 0 Å². The second-order valence-electron chi connectivity index (χ2n) is 4.37. The van der Waals surface area contributed by atoms with E-state index < -0.39 is 0 Å². The number of nitrogen functional groups attached to an aromatic ring is 1. The molecule has 0 radical (unpaired) electrons. The van der Waals surface area contributed by atoms with Gasteiger partial charge in [-0.1, -0.05) is 13.3 Å². The van der Waals surface area contributed by atoms with E-state index in [1.165, 1.54) is 7.11 Å². The molecule has 7 heteroatoms. The molecule has 0 bridgehead atoms. The van der Waals surface area contributed by atoms with Crippen LogP contribution in [0.1, 0.15) is 33.6 Å². The third kappa shape index (κ3) is 4.03. The lowest BCUT2D eigenvalue weighted by Crippen LogP contribution is -2.31. The first-order chi connectivity index (χ1) is 8.00. The highest BCUT2D eigenvalue weighted by atomic mass is 16.5. The normalized spacial score (nSPS) is 11.1.